The molecule has 0 saturated carbocycles. The van der Waals surface area contributed by atoms with Crippen LogP contribution in [0.5, 0.6) is 0 Å². The highest BCUT2D eigenvalue weighted by Crippen LogP contribution is 2.34. The monoisotopic (exact) mass is 378 g/mol. The number of rotatable bonds is 15. The Bertz CT molecular complexity index is 273. The molecule has 1 rings (SSSR count). The van der Waals surface area contributed by atoms with Crippen LogP contribution in [-0.4, -0.2) is 50.2 Å². The quantitative estimate of drug-likeness (QED) is 0.364. The van der Waals surface area contributed by atoms with E-state index >= 15 is 0 Å². The molecule has 1 aliphatic heterocycles. The largest absolute Gasteiger partial charge is 0.396 e. The normalized spacial score (nSPS) is 18.6. The summed E-state index contributed by atoms with van der Waals surface area (Å²) in [6, 6.07) is 0. The lowest BCUT2D eigenvalue weighted by Gasteiger charge is -2.21. The molecule has 3 nitrogen and oxygen atoms in total. The third-order valence-corrected chi connectivity index (χ3v) is 7.77. The Labute approximate surface area is 157 Å². The van der Waals surface area contributed by atoms with Gasteiger partial charge in [-0.2, -0.15) is 0 Å². The van der Waals surface area contributed by atoms with E-state index in [4.69, 9.17) is 5.11 Å². The summed E-state index contributed by atoms with van der Waals surface area (Å²) in [5.41, 5.74) is 0. The van der Waals surface area contributed by atoms with Gasteiger partial charge in [-0.1, -0.05) is 51.4 Å². The zero-order chi connectivity index (χ0) is 17.5. The number of hydrogen-bond donors (Lipinski definition) is 3. The lowest BCUT2D eigenvalue weighted by Crippen LogP contribution is -2.25. The minimum atomic E-state index is -0.549. The molecule has 1 heterocycles. The number of aliphatic hydroxyl groups is 3. The van der Waals surface area contributed by atoms with Crippen LogP contribution >= 0.6 is 23.5 Å². The number of hydrogen-bond acceptors (Lipinski definition) is 5. The Morgan fingerprint density at radius 3 is 1.79 bits per heavy atom. The van der Waals surface area contributed by atoms with Crippen molar-refractivity contribution >= 4 is 23.5 Å². The summed E-state index contributed by atoms with van der Waals surface area (Å²) < 4.78 is 0.798. The van der Waals surface area contributed by atoms with E-state index in [0.717, 1.165) is 55.9 Å². The van der Waals surface area contributed by atoms with Crippen molar-refractivity contribution < 1.29 is 15.3 Å². The average Bonchev–Trinajstić information content (AvgIpc) is 2.61. The lowest BCUT2D eigenvalue weighted by atomic mass is 10.00. The van der Waals surface area contributed by atoms with Crippen LogP contribution in [0.4, 0.5) is 0 Å². The average molecular weight is 379 g/mol. The minimum Gasteiger partial charge on any atom is -0.396 e. The Kier molecular flexibility index (Phi) is 14.9. The van der Waals surface area contributed by atoms with Crippen molar-refractivity contribution in [3.63, 3.8) is 0 Å². The molecule has 0 aromatic carbocycles. The summed E-state index contributed by atoms with van der Waals surface area (Å²) in [7, 11) is 0. The summed E-state index contributed by atoms with van der Waals surface area (Å²) in [4.78, 5) is 0. The van der Waals surface area contributed by atoms with Crippen molar-refractivity contribution in [1.82, 2.24) is 0 Å². The van der Waals surface area contributed by atoms with Crippen molar-refractivity contribution in [3.8, 4) is 0 Å². The summed E-state index contributed by atoms with van der Waals surface area (Å²) in [6.45, 7) is 0.295. The Balaban J connectivity index is 1.89. The van der Waals surface area contributed by atoms with Crippen LogP contribution < -0.4 is 0 Å². The third kappa shape index (κ3) is 12.0. The second kappa shape index (κ2) is 15.8. The molecule has 5 heteroatoms. The van der Waals surface area contributed by atoms with Gasteiger partial charge in [0.2, 0.25) is 0 Å². The van der Waals surface area contributed by atoms with E-state index in [-0.39, 0.29) is 0 Å². The van der Waals surface area contributed by atoms with Crippen LogP contribution in [0.2, 0.25) is 0 Å². The van der Waals surface area contributed by atoms with Gasteiger partial charge in [0.05, 0.1) is 16.8 Å². The maximum absolute atomic E-state index is 10.1. The first kappa shape index (κ1) is 22.6. The molecule has 0 unspecified atom stereocenters. The third-order valence-electron chi connectivity index (χ3n) is 4.69. The van der Waals surface area contributed by atoms with Crippen LogP contribution in [0.3, 0.4) is 0 Å². The predicted molar refractivity (Wildman–Crippen MR) is 108 cm³/mol. The fourth-order valence-electron chi connectivity index (χ4n) is 3.10. The minimum absolute atomic E-state index is 0.295. The number of thioether (sulfide) groups is 2. The van der Waals surface area contributed by atoms with Gasteiger partial charge in [0.25, 0.3) is 0 Å². The van der Waals surface area contributed by atoms with E-state index in [1.807, 2.05) is 0 Å². The summed E-state index contributed by atoms with van der Waals surface area (Å²) in [6.07, 6.45) is 12.9. The molecular weight excluding hydrogens is 340 g/mol. The van der Waals surface area contributed by atoms with Gasteiger partial charge >= 0.3 is 0 Å². The summed E-state index contributed by atoms with van der Waals surface area (Å²) in [5, 5.41) is 28.8. The fourth-order valence-corrected chi connectivity index (χ4v) is 6.06. The van der Waals surface area contributed by atoms with Gasteiger partial charge in [0.15, 0.2) is 0 Å². The van der Waals surface area contributed by atoms with Crippen molar-refractivity contribution in [2.75, 3.05) is 18.1 Å². The molecule has 144 valence electrons. The van der Waals surface area contributed by atoms with E-state index in [0.29, 0.717) is 6.61 Å². The first-order valence-corrected chi connectivity index (χ1v) is 12.0. The molecule has 0 bridgehead atoms. The first-order chi connectivity index (χ1) is 11.7. The lowest BCUT2D eigenvalue weighted by molar-refractivity contribution is 0.00713. The van der Waals surface area contributed by atoms with Gasteiger partial charge in [-0.15, -0.1) is 23.5 Å². The van der Waals surface area contributed by atoms with E-state index in [9.17, 15) is 10.2 Å². The molecular formula is C19H38O3S2. The molecule has 0 aromatic rings. The van der Waals surface area contributed by atoms with Crippen molar-refractivity contribution in [3.05, 3.63) is 0 Å². The smallest absolute Gasteiger partial charge is 0.0799 e. The molecule has 0 amide bonds. The zero-order valence-electron chi connectivity index (χ0n) is 15.2. The standard InChI is InChI=1S/C19H38O3S2/c20-14-9-4-2-1-3-6-11-17(21)18(22)12-7-5-8-13-19-23-15-10-16-24-19/h17-22H,1-16H2/t17-,18+/m0/s1. The van der Waals surface area contributed by atoms with Crippen molar-refractivity contribution in [1.29, 1.82) is 0 Å². The molecule has 0 aromatic heterocycles. The van der Waals surface area contributed by atoms with Gasteiger partial charge in [0.1, 0.15) is 0 Å². The topological polar surface area (TPSA) is 60.7 Å². The van der Waals surface area contributed by atoms with Crippen LogP contribution in [0.25, 0.3) is 0 Å². The van der Waals surface area contributed by atoms with Crippen LogP contribution in [0.15, 0.2) is 0 Å². The highest BCUT2D eigenvalue weighted by molar-refractivity contribution is 8.17. The second-order valence-electron chi connectivity index (χ2n) is 6.93. The van der Waals surface area contributed by atoms with Gasteiger partial charge in [0, 0.05) is 6.61 Å². The highest BCUT2D eigenvalue weighted by atomic mass is 32.2. The maximum Gasteiger partial charge on any atom is 0.0799 e. The molecule has 1 aliphatic rings. The van der Waals surface area contributed by atoms with Gasteiger partial charge in [-0.3, -0.25) is 0 Å². The Morgan fingerprint density at radius 2 is 1.21 bits per heavy atom. The highest BCUT2D eigenvalue weighted by Gasteiger charge is 2.16. The van der Waals surface area contributed by atoms with E-state index in [2.05, 4.69) is 23.5 Å². The molecule has 0 radical (unpaired) electrons. The fraction of sp³-hybridized carbons (Fsp3) is 1.00. The second-order valence-corrected chi connectivity index (χ2v) is 9.85. The Hall–Kier alpha value is 0.580. The SMILES string of the molecule is OCCCCCCCC[C@H](O)[C@H](O)CCCCCC1SCCCS1. The van der Waals surface area contributed by atoms with E-state index in [1.54, 1.807) is 0 Å². The summed E-state index contributed by atoms with van der Waals surface area (Å²) >= 11 is 4.22. The maximum atomic E-state index is 10.1. The van der Waals surface area contributed by atoms with Gasteiger partial charge < -0.3 is 15.3 Å². The Morgan fingerprint density at radius 1 is 0.708 bits per heavy atom. The first-order valence-electron chi connectivity index (χ1n) is 9.94. The van der Waals surface area contributed by atoms with Crippen molar-refractivity contribution in [2.24, 2.45) is 0 Å². The molecule has 3 N–H and O–H groups in total. The number of aliphatic hydroxyl groups excluding tert-OH is 3. The van der Waals surface area contributed by atoms with Crippen LogP contribution in [-0.2, 0) is 0 Å². The molecule has 0 spiro atoms. The van der Waals surface area contributed by atoms with Gasteiger partial charge in [-0.25, -0.2) is 0 Å². The summed E-state index contributed by atoms with van der Waals surface area (Å²) in [5.74, 6) is 2.65. The number of unbranched alkanes of at least 4 members (excludes halogenated alkanes) is 7. The van der Waals surface area contributed by atoms with E-state index in [1.165, 1.54) is 43.6 Å². The predicted octanol–water partition coefficient (Wildman–Crippen LogP) is 4.58. The van der Waals surface area contributed by atoms with Crippen LogP contribution in [0.1, 0.15) is 83.5 Å². The molecule has 0 aliphatic carbocycles. The molecule has 1 fully saturated rings. The van der Waals surface area contributed by atoms with Gasteiger partial charge in [-0.05, 0) is 43.6 Å². The molecule has 24 heavy (non-hydrogen) atoms. The van der Waals surface area contributed by atoms with Crippen LogP contribution in [0, 0.1) is 0 Å². The van der Waals surface area contributed by atoms with Crippen molar-refractivity contribution in [2.45, 2.75) is 100 Å². The van der Waals surface area contributed by atoms with E-state index < -0.39 is 12.2 Å². The molecule has 1 saturated heterocycles. The molecule has 2 atom stereocenters. The zero-order valence-corrected chi connectivity index (χ0v) is 16.8.